The Balaban J connectivity index is 1.54. The molecule has 1 fully saturated rings. The molecule has 0 N–H and O–H groups in total. The average Bonchev–Trinajstić information content (AvgIpc) is 2.68. The quantitative estimate of drug-likeness (QED) is 0.781. The molecule has 2 aromatic carbocycles. The number of rotatable bonds is 6. The first-order valence-corrected chi connectivity index (χ1v) is 10.5. The zero-order valence-corrected chi connectivity index (χ0v) is 15.4. The van der Waals surface area contributed by atoms with E-state index in [-0.39, 0.29) is 29.1 Å². The Morgan fingerprint density at radius 2 is 1.69 bits per heavy atom. The van der Waals surface area contributed by atoms with E-state index in [4.69, 9.17) is 4.74 Å². The zero-order valence-electron chi connectivity index (χ0n) is 14.6. The van der Waals surface area contributed by atoms with Gasteiger partial charge in [-0.3, -0.25) is 4.79 Å². The van der Waals surface area contributed by atoms with Crippen LogP contribution in [0.2, 0.25) is 0 Å². The maximum atomic E-state index is 12.5. The zero-order chi connectivity index (χ0) is 18.4. The molecule has 138 valence electrons. The number of benzene rings is 2. The van der Waals surface area contributed by atoms with Crippen molar-refractivity contribution in [3.63, 3.8) is 0 Å². The number of carbonyl (C=O) groups excluding carboxylic acids is 1. The Hall–Kier alpha value is -2.34. The fourth-order valence-corrected chi connectivity index (χ4v) is 4.33. The van der Waals surface area contributed by atoms with Crippen LogP contribution in [-0.4, -0.2) is 44.2 Å². The molecular formula is C20H23NO4S. The molecule has 0 spiro atoms. The van der Waals surface area contributed by atoms with E-state index in [9.17, 15) is 13.2 Å². The highest BCUT2D eigenvalue weighted by atomic mass is 32.2. The number of carbonyl (C=O) groups is 1. The van der Waals surface area contributed by atoms with Crippen LogP contribution in [0.4, 0.5) is 0 Å². The van der Waals surface area contributed by atoms with Crippen molar-refractivity contribution in [3.8, 4) is 5.75 Å². The maximum Gasteiger partial charge on any atom is 0.223 e. The van der Waals surface area contributed by atoms with Crippen LogP contribution >= 0.6 is 0 Å². The van der Waals surface area contributed by atoms with Crippen LogP contribution in [0.5, 0.6) is 5.75 Å². The van der Waals surface area contributed by atoms with Gasteiger partial charge >= 0.3 is 0 Å². The summed E-state index contributed by atoms with van der Waals surface area (Å²) < 4.78 is 30.6. The highest BCUT2D eigenvalue weighted by Gasteiger charge is 2.26. The van der Waals surface area contributed by atoms with E-state index in [2.05, 4.69) is 0 Å². The molecule has 5 nitrogen and oxygen atoms in total. The summed E-state index contributed by atoms with van der Waals surface area (Å²) in [5, 5.41) is 0. The number of sulfone groups is 1. The number of hydrogen-bond acceptors (Lipinski definition) is 4. The fraction of sp³-hybridized carbons (Fsp3) is 0.350. The predicted molar refractivity (Wildman–Crippen MR) is 99.8 cm³/mol. The number of ether oxygens (including phenoxy) is 1. The molecule has 1 atom stereocenters. The van der Waals surface area contributed by atoms with Gasteiger partial charge in [0.05, 0.1) is 17.2 Å². The topological polar surface area (TPSA) is 63.7 Å². The second kappa shape index (κ2) is 8.36. The van der Waals surface area contributed by atoms with Crippen molar-refractivity contribution in [2.75, 3.05) is 18.8 Å². The molecule has 1 aliphatic rings. The lowest BCUT2D eigenvalue weighted by Gasteiger charge is -2.33. The van der Waals surface area contributed by atoms with E-state index in [1.165, 1.54) is 0 Å². The van der Waals surface area contributed by atoms with Crippen LogP contribution in [0.1, 0.15) is 19.3 Å². The highest BCUT2D eigenvalue weighted by Crippen LogP contribution is 2.19. The minimum atomic E-state index is -3.43. The van der Waals surface area contributed by atoms with Gasteiger partial charge < -0.3 is 9.64 Å². The van der Waals surface area contributed by atoms with Crippen molar-refractivity contribution in [2.45, 2.75) is 30.3 Å². The monoisotopic (exact) mass is 373 g/mol. The summed E-state index contributed by atoms with van der Waals surface area (Å²) in [6, 6.07) is 17.8. The first kappa shape index (κ1) is 18.5. The standard InChI is InChI=1S/C20H23NO4S/c22-20(13-15-26(23,24)19-11-5-2-6-12-19)21-14-7-10-18(16-21)25-17-8-3-1-4-9-17/h1-6,8-9,11-12,18H,7,10,13-16H2. The first-order valence-electron chi connectivity index (χ1n) is 8.82. The number of amides is 1. The molecule has 1 heterocycles. The molecule has 0 radical (unpaired) electrons. The molecule has 0 saturated carbocycles. The van der Waals surface area contributed by atoms with Crippen LogP contribution in [0, 0.1) is 0 Å². The van der Waals surface area contributed by atoms with Gasteiger partial charge in [-0.15, -0.1) is 0 Å². The Morgan fingerprint density at radius 3 is 2.38 bits per heavy atom. The summed E-state index contributed by atoms with van der Waals surface area (Å²) in [6.07, 6.45) is 1.69. The van der Waals surface area contributed by atoms with Crippen LogP contribution in [0.15, 0.2) is 65.6 Å². The molecule has 1 unspecified atom stereocenters. The molecule has 6 heteroatoms. The molecule has 0 bridgehead atoms. The van der Waals surface area contributed by atoms with Gasteiger partial charge in [0.1, 0.15) is 11.9 Å². The summed E-state index contributed by atoms with van der Waals surface area (Å²) >= 11 is 0. The lowest BCUT2D eigenvalue weighted by molar-refractivity contribution is -0.133. The molecule has 1 aliphatic heterocycles. The fourth-order valence-electron chi connectivity index (χ4n) is 3.08. The Morgan fingerprint density at radius 1 is 1.04 bits per heavy atom. The third-order valence-electron chi connectivity index (χ3n) is 4.46. The van der Waals surface area contributed by atoms with Gasteiger partial charge in [-0.25, -0.2) is 8.42 Å². The number of hydrogen-bond donors (Lipinski definition) is 0. The van der Waals surface area contributed by atoms with E-state index < -0.39 is 9.84 Å². The van der Waals surface area contributed by atoms with Gasteiger partial charge in [-0.1, -0.05) is 36.4 Å². The highest BCUT2D eigenvalue weighted by molar-refractivity contribution is 7.91. The van der Waals surface area contributed by atoms with E-state index >= 15 is 0 Å². The molecule has 3 rings (SSSR count). The lowest BCUT2D eigenvalue weighted by Crippen LogP contribution is -2.44. The van der Waals surface area contributed by atoms with Crippen molar-refractivity contribution in [3.05, 3.63) is 60.7 Å². The number of likely N-dealkylation sites (tertiary alicyclic amines) is 1. The summed E-state index contributed by atoms with van der Waals surface area (Å²) in [7, 11) is -3.43. The third-order valence-corrected chi connectivity index (χ3v) is 6.20. The van der Waals surface area contributed by atoms with E-state index in [1.54, 1.807) is 35.2 Å². The molecule has 0 aromatic heterocycles. The molecule has 1 saturated heterocycles. The van der Waals surface area contributed by atoms with Gasteiger partial charge in [-0.2, -0.15) is 0 Å². The van der Waals surface area contributed by atoms with Gasteiger partial charge in [0.25, 0.3) is 0 Å². The van der Waals surface area contributed by atoms with Crippen molar-refractivity contribution in [1.29, 1.82) is 0 Å². The normalized spacial score (nSPS) is 17.7. The molecule has 1 amide bonds. The SMILES string of the molecule is O=C(CCS(=O)(=O)c1ccccc1)N1CCCC(Oc2ccccc2)C1. The summed E-state index contributed by atoms with van der Waals surface area (Å²) in [6.45, 7) is 1.15. The average molecular weight is 373 g/mol. The second-order valence-corrected chi connectivity index (χ2v) is 8.53. The molecule has 2 aromatic rings. The molecule has 26 heavy (non-hydrogen) atoms. The molecular weight excluding hydrogens is 350 g/mol. The number of para-hydroxylation sites is 1. The van der Waals surface area contributed by atoms with Crippen LogP contribution in [-0.2, 0) is 14.6 Å². The minimum absolute atomic E-state index is 0.00468. The van der Waals surface area contributed by atoms with E-state index in [0.717, 1.165) is 18.6 Å². The summed E-state index contributed by atoms with van der Waals surface area (Å²) in [5.74, 6) is 0.487. The van der Waals surface area contributed by atoms with Gasteiger partial charge in [0.2, 0.25) is 5.91 Å². The largest absolute Gasteiger partial charge is 0.489 e. The summed E-state index contributed by atoms with van der Waals surface area (Å²) in [4.78, 5) is 14.5. The van der Waals surface area contributed by atoms with Crippen LogP contribution < -0.4 is 4.74 Å². The minimum Gasteiger partial charge on any atom is -0.489 e. The maximum absolute atomic E-state index is 12.5. The van der Waals surface area contributed by atoms with Crippen LogP contribution in [0.3, 0.4) is 0 Å². The van der Waals surface area contributed by atoms with E-state index in [1.807, 2.05) is 30.3 Å². The van der Waals surface area contributed by atoms with Gasteiger partial charge in [0.15, 0.2) is 9.84 Å². The number of nitrogens with zero attached hydrogens (tertiary/aromatic N) is 1. The predicted octanol–water partition coefficient (Wildman–Crippen LogP) is 2.92. The molecule has 0 aliphatic carbocycles. The van der Waals surface area contributed by atoms with E-state index in [0.29, 0.717) is 13.1 Å². The van der Waals surface area contributed by atoms with Gasteiger partial charge in [-0.05, 0) is 37.1 Å². The van der Waals surface area contributed by atoms with Gasteiger partial charge in [0, 0.05) is 13.0 Å². The first-order chi connectivity index (χ1) is 12.5. The van der Waals surface area contributed by atoms with Crippen molar-refractivity contribution < 1.29 is 17.9 Å². The van der Waals surface area contributed by atoms with Crippen molar-refractivity contribution >= 4 is 15.7 Å². The summed E-state index contributed by atoms with van der Waals surface area (Å²) in [5.41, 5.74) is 0. The van der Waals surface area contributed by atoms with Crippen molar-refractivity contribution in [1.82, 2.24) is 4.90 Å². The Bertz CT molecular complexity index is 821. The second-order valence-electron chi connectivity index (χ2n) is 6.42. The Kier molecular flexibility index (Phi) is 5.93. The van der Waals surface area contributed by atoms with Crippen LogP contribution in [0.25, 0.3) is 0 Å². The lowest BCUT2D eigenvalue weighted by atomic mass is 10.1. The smallest absolute Gasteiger partial charge is 0.223 e. The Labute approximate surface area is 154 Å². The number of piperidine rings is 1. The van der Waals surface area contributed by atoms with Crippen molar-refractivity contribution in [2.24, 2.45) is 0 Å². The third kappa shape index (κ3) is 4.85.